The normalized spacial score (nSPS) is 11.0. The van der Waals surface area contributed by atoms with Crippen molar-refractivity contribution < 1.29 is 17.9 Å². The van der Waals surface area contributed by atoms with E-state index < -0.39 is 17.5 Å². The number of rotatable bonds is 2. The van der Waals surface area contributed by atoms with Crippen molar-refractivity contribution in [3.63, 3.8) is 0 Å². The van der Waals surface area contributed by atoms with Crippen LogP contribution in [0.4, 0.5) is 13.2 Å². The summed E-state index contributed by atoms with van der Waals surface area (Å²) < 4.78 is 44.5. The van der Waals surface area contributed by atoms with Crippen LogP contribution in [0.3, 0.4) is 0 Å². The first-order chi connectivity index (χ1) is 9.58. The summed E-state index contributed by atoms with van der Waals surface area (Å²) >= 11 is 0. The summed E-state index contributed by atoms with van der Waals surface area (Å²) in [5.74, 6) is -3.11. The van der Waals surface area contributed by atoms with E-state index >= 15 is 0 Å². The Morgan fingerprint density at radius 1 is 1.05 bits per heavy atom. The molecule has 3 rings (SSSR count). The largest absolute Gasteiger partial charge is 0.497 e. The highest BCUT2D eigenvalue weighted by Gasteiger charge is 2.14. The number of aromatic amines is 1. The van der Waals surface area contributed by atoms with Crippen LogP contribution in [-0.2, 0) is 0 Å². The second kappa shape index (κ2) is 4.56. The molecular formula is C14H9F3N2O. The number of nitrogens with zero attached hydrogens (tertiary/aromatic N) is 1. The minimum Gasteiger partial charge on any atom is -0.497 e. The SMILES string of the molecule is COc1ccc2nc(-c3cc(F)c(F)c(F)c3)[nH]c2c1. The monoisotopic (exact) mass is 278 g/mol. The van der Waals surface area contributed by atoms with E-state index in [9.17, 15) is 13.2 Å². The van der Waals surface area contributed by atoms with Gasteiger partial charge in [-0.15, -0.1) is 0 Å². The number of ether oxygens (including phenoxy) is 1. The molecule has 6 heteroatoms. The molecule has 0 unspecified atom stereocenters. The van der Waals surface area contributed by atoms with Gasteiger partial charge in [0.05, 0.1) is 18.1 Å². The molecule has 0 atom stereocenters. The molecule has 3 aromatic rings. The maximum atomic E-state index is 13.2. The molecule has 0 radical (unpaired) electrons. The van der Waals surface area contributed by atoms with E-state index in [1.54, 1.807) is 18.2 Å². The van der Waals surface area contributed by atoms with Crippen LogP contribution >= 0.6 is 0 Å². The Kier molecular flexibility index (Phi) is 2.85. The van der Waals surface area contributed by atoms with E-state index in [0.29, 0.717) is 16.8 Å². The summed E-state index contributed by atoms with van der Waals surface area (Å²) in [6.07, 6.45) is 0. The van der Waals surface area contributed by atoms with Crippen molar-refractivity contribution in [2.75, 3.05) is 7.11 Å². The zero-order chi connectivity index (χ0) is 14.3. The number of halogens is 3. The highest BCUT2D eigenvalue weighted by molar-refractivity contribution is 5.80. The van der Waals surface area contributed by atoms with Crippen molar-refractivity contribution in [2.45, 2.75) is 0 Å². The zero-order valence-electron chi connectivity index (χ0n) is 10.4. The van der Waals surface area contributed by atoms with E-state index in [-0.39, 0.29) is 11.4 Å². The lowest BCUT2D eigenvalue weighted by molar-refractivity contribution is 0.415. The van der Waals surface area contributed by atoms with Gasteiger partial charge in [0.25, 0.3) is 0 Å². The first-order valence-corrected chi connectivity index (χ1v) is 5.77. The molecule has 0 aliphatic rings. The smallest absolute Gasteiger partial charge is 0.194 e. The van der Waals surface area contributed by atoms with E-state index in [4.69, 9.17) is 4.74 Å². The molecular weight excluding hydrogens is 269 g/mol. The molecule has 1 N–H and O–H groups in total. The molecule has 3 nitrogen and oxygen atoms in total. The zero-order valence-corrected chi connectivity index (χ0v) is 10.4. The van der Waals surface area contributed by atoms with Gasteiger partial charge in [-0.3, -0.25) is 0 Å². The molecule has 0 bridgehead atoms. The molecule has 0 amide bonds. The third-order valence-corrected chi connectivity index (χ3v) is 2.95. The van der Waals surface area contributed by atoms with Gasteiger partial charge in [0.15, 0.2) is 17.5 Å². The minimum atomic E-state index is -1.49. The first-order valence-electron chi connectivity index (χ1n) is 5.77. The quantitative estimate of drug-likeness (QED) is 0.726. The fourth-order valence-corrected chi connectivity index (χ4v) is 1.94. The maximum Gasteiger partial charge on any atom is 0.194 e. The maximum absolute atomic E-state index is 13.2. The molecule has 2 aromatic carbocycles. The van der Waals surface area contributed by atoms with Crippen molar-refractivity contribution in [1.82, 2.24) is 9.97 Å². The number of methoxy groups -OCH3 is 1. The summed E-state index contributed by atoms with van der Waals surface area (Å²) in [4.78, 5) is 7.12. The van der Waals surface area contributed by atoms with Crippen LogP contribution in [0, 0.1) is 17.5 Å². The summed E-state index contributed by atoms with van der Waals surface area (Å²) in [7, 11) is 1.53. The average molecular weight is 278 g/mol. The van der Waals surface area contributed by atoms with E-state index in [0.717, 1.165) is 12.1 Å². The summed E-state index contributed by atoms with van der Waals surface area (Å²) in [6, 6.07) is 6.94. The van der Waals surface area contributed by atoms with Gasteiger partial charge in [0.1, 0.15) is 11.6 Å². The van der Waals surface area contributed by atoms with Crippen LogP contribution in [0.2, 0.25) is 0 Å². The lowest BCUT2D eigenvalue weighted by atomic mass is 10.2. The fourth-order valence-electron chi connectivity index (χ4n) is 1.94. The topological polar surface area (TPSA) is 37.9 Å². The van der Waals surface area contributed by atoms with Crippen molar-refractivity contribution in [2.24, 2.45) is 0 Å². The van der Waals surface area contributed by atoms with Crippen LogP contribution in [0.1, 0.15) is 0 Å². The number of hydrogen-bond donors (Lipinski definition) is 1. The Morgan fingerprint density at radius 3 is 2.40 bits per heavy atom. The van der Waals surface area contributed by atoms with Gasteiger partial charge in [-0.25, -0.2) is 18.2 Å². The number of benzene rings is 2. The van der Waals surface area contributed by atoms with Crippen LogP contribution in [0.25, 0.3) is 22.4 Å². The van der Waals surface area contributed by atoms with Gasteiger partial charge >= 0.3 is 0 Å². The number of H-pyrrole nitrogens is 1. The predicted octanol–water partition coefficient (Wildman–Crippen LogP) is 3.66. The van der Waals surface area contributed by atoms with Crippen LogP contribution in [-0.4, -0.2) is 17.1 Å². The van der Waals surface area contributed by atoms with Gasteiger partial charge in [-0.05, 0) is 24.3 Å². The van der Waals surface area contributed by atoms with Crippen LogP contribution < -0.4 is 4.74 Å². The number of imidazole rings is 1. The third-order valence-electron chi connectivity index (χ3n) is 2.95. The number of fused-ring (bicyclic) bond motifs is 1. The van der Waals surface area contributed by atoms with Gasteiger partial charge in [0.2, 0.25) is 0 Å². The highest BCUT2D eigenvalue weighted by Crippen LogP contribution is 2.25. The van der Waals surface area contributed by atoms with Crippen molar-refractivity contribution in [3.05, 3.63) is 47.8 Å². The van der Waals surface area contributed by atoms with Gasteiger partial charge in [-0.2, -0.15) is 0 Å². The Balaban J connectivity index is 2.14. The number of nitrogens with one attached hydrogen (secondary N) is 1. The van der Waals surface area contributed by atoms with Gasteiger partial charge < -0.3 is 9.72 Å². The van der Waals surface area contributed by atoms with Crippen LogP contribution in [0.15, 0.2) is 30.3 Å². The molecule has 0 aliphatic carbocycles. The molecule has 1 heterocycles. The second-order valence-corrected chi connectivity index (χ2v) is 4.22. The fraction of sp³-hybridized carbons (Fsp3) is 0.0714. The summed E-state index contributed by atoms with van der Waals surface area (Å²) in [5.41, 5.74) is 1.41. The molecule has 0 spiro atoms. The molecule has 0 aliphatic heterocycles. The molecule has 0 fully saturated rings. The molecule has 20 heavy (non-hydrogen) atoms. The predicted molar refractivity (Wildman–Crippen MR) is 68.0 cm³/mol. The average Bonchev–Trinajstić information content (AvgIpc) is 2.86. The lowest BCUT2D eigenvalue weighted by Crippen LogP contribution is -1.92. The first kappa shape index (κ1) is 12.5. The van der Waals surface area contributed by atoms with E-state index in [1.807, 2.05) is 0 Å². The number of hydrogen-bond acceptors (Lipinski definition) is 2. The molecule has 0 saturated heterocycles. The van der Waals surface area contributed by atoms with Crippen molar-refractivity contribution in [1.29, 1.82) is 0 Å². The van der Waals surface area contributed by atoms with E-state index in [1.165, 1.54) is 7.11 Å². The molecule has 102 valence electrons. The molecule has 0 saturated carbocycles. The summed E-state index contributed by atoms with van der Waals surface area (Å²) in [5, 5.41) is 0. The third kappa shape index (κ3) is 1.99. The van der Waals surface area contributed by atoms with Gasteiger partial charge in [0, 0.05) is 11.6 Å². The molecule has 1 aromatic heterocycles. The van der Waals surface area contributed by atoms with Crippen molar-refractivity contribution in [3.8, 4) is 17.1 Å². The standard InChI is InChI=1S/C14H9F3N2O/c1-20-8-2-3-11-12(6-8)19-14(18-11)7-4-9(15)13(17)10(16)5-7/h2-6H,1H3,(H,18,19). The lowest BCUT2D eigenvalue weighted by Gasteiger charge is -1.99. The Hall–Kier alpha value is -2.50. The Bertz CT molecular complexity index is 775. The van der Waals surface area contributed by atoms with Gasteiger partial charge in [-0.1, -0.05) is 0 Å². The highest BCUT2D eigenvalue weighted by atomic mass is 19.2. The Labute approximate surface area is 112 Å². The second-order valence-electron chi connectivity index (χ2n) is 4.22. The number of aromatic nitrogens is 2. The van der Waals surface area contributed by atoms with Crippen molar-refractivity contribution >= 4 is 11.0 Å². The van der Waals surface area contributed by atoms with Crippen LogP contribution in [0.5, 0.6) is 5.75 Å². The van der Waals surface area contributed by atoms with E-state index in [2.05, 4.69) is 9.97 Å². The Morgan fingerprint density at radius 2 is 1.75 bits per heavy atom. The minimum absolute atomic E-state index is 0.136. The summed E-state index contributed by atoms with van der Waals surface area (Å²) in [6.45, 7) is 0.